The van der Waals surface area contributed by atoms with E-state index < -0.39 is 0 Å². The van der Waals surface area contributed by atoms with Crippen molar-refractivity contribution in [2.24, 2.45) is 0 Å². The third kappa shape index (κ3) is 2.87. The molecule has 0 aliphatic carbocycles. The molecule has 0 aliphatic rings. The number of hydrogen-bond donors (Lipinski definition) is 1. The van der Waals surface area contributed by atoms with E-state index in [2.05, 4.69) is 10.3 Å². The van der Waals surface area contributed by atoms with E-state index in [1.54, 1.807) is 24.3 Å². The van der Waals surface area contributed by atoms with Crippen LogP contribution in [0.15, 0.2) is 42.6 Å². The molecule has 0 spiro atoms. The molecule has 1 aromatic carbocycles. The van der Waals surface area contributed by atoms with Crippen LogP contribution < -0.4 is 10.1 Å². The molecule has 1 heterocycles. The predicted molar refractivity (Wildman–Crippen MR) is 69.9 cm³/mol. The second-order valence-electron chi connectivity index (χ2n) is 3.70. The first-order chi connectivity index (χ1) is 9.24. The van der Waals surface area contributed by atoms with E-state index in [-0.39, 0.29) is 11.6 Å². The van der Waals surface area contributed by atoms with E-state index in [9.17, 15) is 4.79 Å². The van der Waals surface area contributed by atoms with E-state index in [4.69, 9.17) is 10.00 Å². The molecule has 0 bridgehead atoms. The normalized spacial score (nSPS) is 9.47. The van der Waals surface area contributed by atoms with Crippen LogP contribution in [0.2, 0.25) is 0 Å². The Balaban J connectivity index is 2.23. The van der Waals surface area contributed by atoms with Crippen LogP contribution in [-0.4, -0.2) is 18.0 Å². The first-order valence-corrected chi connectivity index (χ1v) is 5.55. The van der Waals surface area contributed by atoms with Crippen molar-refractivity contribution in [2.45, 2.75) is 0 Å². The fourth-order valence-corrected chi connectivity index (χ4v) is 1.58. The second-order valence-corrected chi connectivity index (χ2v) is 3.70. The largest absolute Gasteiger partial charge is 0.495 e. The van der Waals surface area contributed by atoms with Crippen LogP contribution in [-0.2, 0) is 0 Å². The summed E-state index contributed by atoms with van der Waals surface area (Å²) in [6.07, 6.45) is 1.43. The quantitative estimate of drug-likeness (QED) is 0.910. The molecule has 0 radical (unpaired) electrons. The number of carbonyl (C=O) groups is 1. The summed E-state index contributed by atoms with van der Waals surface area (Å²) in [5.41, 5.74) is 1.15. The highest BCUT2D eigenvalue weighted by molar-refractivity contribution is 6.05. The number of nitrogens with one attached hydrogen (secondary N) is 1. The number of nitriles is 1. The standard InChI is InChI=1S/C14H11N3O2/c1-19-13-5-3-2-4-12(13)17-14(18)10-6-7-16-11(8-10)9-15/h2-8H,1H3,(H,17,18). The van der Waals surface area contributed by atoms with Gasteiger partial charge in [-0.25, -0.2) is 4.98 Å². The Morgan fingerprint density at radius 1 is 1.37 bits per heavy atom. The summed E-state index contributed by atoms with van der Waals surface area (Å²) in [5, 5.41) is 11.5. The molecule has 1 N–H and O–H groups in total. The molecule has 94 valence electrons. The zero-order chi connectivity index (χ0) is 13.7. The zero-order valence-electron chi connectivity index (χ0n) is 10.3. The molecule has 0 atom stereocenters. The second kappa shape index (κ2) is 5.65. The molecule has 0 saturated heterocycles. The molecule has 2 rings (SSSR count). The SMILES string of the molecule is COc1ccccc1NC(=O)c1ccnc(C#N)c1. The molecule has 0 saturated carbocycles. The number of anilines is 1. The van der Waals surface area contributed by atoms with Crippen molar-refractivity contribution in [3.63, 3.8) is 0 Å². The van der Waals surface area contributed by atoms with Crippen molar-refractivity contribution in [1.82, 2.24) is 4.98 Å². The highest BCUT2D eigenvalue weighted by Crippen LogP contribution is 2.23. The summed E-state index contributed by atoms with van der Waals surface area (Å²) in [5.74, 6) is 0.258. The third-order valence-electron chi connectivity index (χ3n) is 2.49. The van der Waals surface area contributed by atoms with Gasteiger partial charge in [-0.1, -0.05) is 12.1 Å². The highest BCUT2D eigenvalue weighted by Gasteiger charge is 2.09. The topological polar surface area (TPSA) is 75.0 Å². The zero-order valence-corrected chi connectivity index (χ0v) is 10.3. The number of aromatic nitrogens is 1. The van der Waals surface area contributed by atoms with Gasteiger partial charge in [0, 0.05) is 11.8 Å². The number of pyridine rings is 1. The summed E-state index contributed by atoms with van der Waals surface area (Å²) in [6.45, 7) is 0. The molecule has 0 fully saturated rings. The minimum Gasteiger partial charge on any atom is -0.495 e. The lowest BCUT2D eigenvalue weighted by molar-refractivity contribution is 0.102. The molecular formula is C14H11N3O2. The molecule has 0 unspecified atom stereocenters. The number of methoxy groups -OCH3 is 1. The lowest BCUT2D eigenvalue weighted by Gasteiger charge is -2.09. The Kier molecular flexibility index (Phi) is 3.74. The number of carbonyl (C=O) groups excluding carboxylic acids is 1. The maximum absolute atomic E-state index is 12.0. The predicted octanol–water partition coefficient (Wildman–Crippen LogP) is 2.21. The van der Waals surface area contributed by atoms with E-state index in [1.165, 1.54) is 19.4 Å². The van der Waals surface area contributed by atoms with E-state index in [1.807, 2.05) is 12.1 Å². The molecule has 5 nitrogen and oxygen atoms in total. The summed E-state index contributed by atoms with van der Waals surface area (Å²) in [4.78, 5) is 15.9. The lowest BCUT2D eigenvalue weighted by atomic mass is 10.2. The minimum absolute atomic E-state index is 0.202. The summed E-state index contributed by atoms with van der Waals surface area (Å²) >= 11 is 0. The van der Waals surface area contributed by atoms with E-state index in [0.717, 1.165) is 0 Å². The first-order valence-electron chi connectivity index (χ1n) is 5.55. The van der Waals surface area contributed by atoms with Gasteiger partial charge in [0.25, 0.3) is 5.91 Å². The van der Waals surface area contributed by atoms with Crippen molar-refractivity contribution in [2.75, 3.05) is 12.4 Å². The van der Waals surface area contributed by atoms with Crippen LogP contribution in [0.4, 0.5) is 5.69 Å². The fourth-order valence-electron chi connectivity index (χ4n) is 1.58. The van der Waals surface area contributed by atoms with Gasteiger partial charge in [-0.15, -0.1) is 0 Å². The lowest BCUT2D eigenvalue weighted by Crippen LogP contribution is -2.13. The van der Waals surface area contributed by atoms with Gasteiger partial charge in [0.2, 0.25) is 0 Å². The average Bonchev–Trinajstić information content (AvgIpc) is 2.47. The maximum atomic E-state index is 12.0. The molecule has 1 amide bonds. The number of amides is 1. The van der Waals surface area contributed by atoms with Crippen LogP contribution in [0.5, 0.6) is 5.75 Å². The minimum atomic E-state index is -0.316. The Bertz CT molecular complexity index is 647. The van der Waals surface area contributed by atoms with Gasteiger partial charge in [0.1, 0.15) is 17.5 Å². The Labute approximate surface area is 110 Å². The monoisotopic (exact) mass is 253 g/mol. The Morgan fingerprint density at radius 2 is 2.16 bits per heavy atom. The van der Waals surface area contributed by atoms with Gasteiger partial charge in [0.05, 0.1) is 12.8 Å². The van der Waals surface area contributed by atoms with Gasteiger partial charge >= 0.3 is 0 Å². The number of nitrogens with zero attached hydrogens (tertiary/aromatic N) is 2. The summed E-state index contributed by atoms with van der Waals surface area (Å²) < 4.78 is 5.15. The van der Waals surface area contributed by atoms with E-state index in [0.29, 0.717) is 17.0 Å². The van der Waals surface area contributed by atoms with Crippen LogP contribution in [0, 0.1) is 11.3 Å². The molecule has 0 aliphatic heterocycles. The molecule has 2 aromatic rings. The van der Waals surface area contributed by atoms with Crippen LogP contribution >= 0.6 is 0 Å². The third-order valence-corrected chi connectivity index (χ3v) is 2.49. The molecule has 5 heteroatoms. The number of rotatable bonds is 3. The smallest absolute Gasteiger partial charge is 0.255 e. The van der Waals surface area contributed by atoms with Crippen molar-refractivity contribution in [3.8, 4) is 11.8 Å². The maximum Gasteiger partial charge on any atom is 0.255 e. The van der Waals surface area contributed by atoms with Gasteiger partial charge < -0.3 is 10.1 Å². The highest BCUT2D eigenvalue weighted by atomic mass is 16.5. The van der Waals surface area contributed by atoms with Gasteiger partial charge in [-0.3, -0.25) is 4.79 Å². The van der Waals surface area contributed by atoms with Crippen LogP contribution in [0.3, 0.4) is 0 Å². The molecule has 19 heavy (non-hydrogen) atoms. The average molecular weight is 253 g/mol. The van der Waals surface area contributed by atoms with Crippen LogP contribution in [0.1, 0.15) is 16.1 Å². The number of ether oxygens (including phenoxy) is 1. The van der Waals surface area contributed by atoms with Gasteiger partial charge in [-0.2, -0.15) is 5.26 Å². The van der Waals surface area contributed by atoms with Crippen LogP contribution in [0.25, 0.3) is 0 Å². The van der Waals surface area contributed by atoms with Crippen molar-refractivity contribution >= 4 is 11.6 Å². The fraction of sp³-hybridized carbons (Fsp3) is 0.0714. The first kappa shape index (κ1) is 12.6. The Hall–Kier alpha value is -2.87. The Morgan fingerprint density at radius 3 is 2.89 bits per heavy atom. The number of para-hydroxylation sites is 2. The van der Waals surface area contributed by atoms with Crippen molar-refractivity contribution in [3.05, 3.63) is 53.9 Å². The number of hydrogen-bond acceptors (Lipinski definition) is 4. The number of benzene rings is 1. The summed E-state index contributed by atoms with van der Waals surface area (Å²) in [7, 11) is 1.53. The van der Waals surface area contributed by atoms with Gasteiger partial charge in [0.15, 0.2) is 0 Å². The van der Waals surface area contributed by atoms with E-state index >= 15 is 0 Å². The molecular weight excluding hydrogens is 242 g/mol. The van der Waals surface area contributed by atoms with Gasteiger partial charge in [-0.05, 0) is 24.3 Å². The van der Waals surface area contributed by atoms with Crippen molar-refractivity contribution < 1.29 is 9.53 Å². The molecule has 1 aromatic heterocycles. The van der Waals surface area contributed by atoms with Crippen molar-refractivity contribution in [1.29, 1.82) is 5.26 Å². The summed E-state index contributed by atoms with van der Waals surface area (Å²) in [6, 6.07) is 12.0.